The van der Waals surface area contributed by atoms with Crippen molar-refractivity contribution < 1.29 is 36.7 Å². The van der Waals surface area contributed by atoms with Crippen LogP contribution in [0.15, 0.2) is 48.5 Å². The van der Waals surface area contributed by atoms with E-state index in [2.05, 4.69) is 5.32 Å². The first kappa shape index (κ1) is 28.1. The molecule has 5 amide bonds. The van der Waals surface area contributed by atoms with Crippen LogP contribution in [0.5, 0.6) is 0 Å². The Hall–Kier alpha value is -3.96. The second kappa shape index (κ2) is 10.3. The minimum Gasteiger partial charge on any atom is -0.341 e. The zero-order valence-electron chi connectivity index (χ0n) is 21.6. The highest BCUT2D eigenvalue weighted by molar-refractivity contribution is 6.16. The second-order valence-corrected chi connectivity index (χ2v) is 10.1. The zero-order valence-corrected chi connectivity index (χ0v) is 21.6. The first-order chi connectivity index (χ1) is 18.3. The topological polar surface area (TPSA) is 90.0 Å². The third kappa shape index (κ3) is 5.07. The van der Waals surface area contributed by atoms with Crippen LogP contribution in [0.1, 0.15) is 42.6 Å². The third-order valence-corrected chi connectivity index (χ3v) is 7.28. The maximum absolute atomic E-state index is 14.3. The lowest BCUT2D eigenvalue weighted by Crippen LogP contribution is -2.60. The molecular weight excluding hydrogens is 520 g/mol. The number of imide groups is 1. The number of likely N-dealkylation sites (tertiary alicyclic amines) is 1. The Balaban J connectivity index is 1.52. The lowest BCUT2D eigenvalue weighted by molar-refractivity contribution is -0.139. The minimum absolute atomic E-state index is 0.0893. The molecule has 1 N–H and O–H groups in total. The summed E-state index contributed by atoms with van der Waals surface area (Å²) in [6.07, 6.45) is -4.49. The Kier molecular flexibility index (Phi) is 7.42. The molecule has 0 unspecified atom stereocenters. The van der Waals surface area contributed by atoms with Gasteiger partial charge in [0.25, 0.3) is 11.8 Å². The van der Waals surface area contributed by atoms with Crippen molar-refractivity contribution in [1.82, 2.24) is 15.1 Å². The minimum atomic E-state index is -4.78. The van der Waals surface area contributed by atoms with Crippen molar-refractivity contribution in [3.05, 3.63) is 65.5 Å². The van der Waals surface area contributed by atoms with Crippen molar-refractivity contribution >= 4 is 29.4 Å². The zero-order chi connectivity index (χ0) is 28.7. The molecule has 1 spiro atoms. The summed E-state index contributed by atoms with van der Waals surface area (Å²) in [6, 6.07) is 8.61. The first-order valence-corrected chi connectivity index (χ1v) is 12.4. The number of piperidine rings is 1. The number of rotatable bonds is 5. The van der Waals surface area contributed by atoms with Crippen molar-refractivity contribution in [1.29, 1.82) is 0 Å². The highest BCUT2D eigenvalue weighted by Gasteiger charge is 2.58. The van der Waals surface area contributed by atoms with Gasteiger partial charge in [0, 0.05) is 25.8 Å². The largest absolute Gasteiger partial charge is 0.416 e. The molecule has 0 aliphatic carbocycles. The lowest BCUT2D eigenvalue weighted by atomic mass is 9.85. The number of hydrogen-bond donors (Lipinski definition) is 1. The molecule has 39 heavy (non-hydrogen) atoms. The summed E-state index contributed by atoms with van der Waals surface area (Å²) < 4.78 is 53.6. The Labute approximate surface area is 222 Å². The van der Waals surface area contributed by atoms with Crippen molar-refractivity contribution in [3.8, 4) is 0 Å². The normalized spacial score (nSPS) is 18.2. The van der Waals surface area contributed by atoms with Gasteiger partial charge in [0.1, 0.15) is 17.4 Å². The molecule has 2 fully saturated rings. The fourth-order valence-electron chi connectivity index (χ4n) is 5.10. The van der Waals surface area contributed by atoms with Crippen LogP contribution < -0.4 is 10.2 Å². The van der Waals surface area contributed by atoms with Crippen LogP contribution in [0.2, 0.25) is 0 Å². The molecular formula is C27H28F4N4O4. The van der Waals surface area contributed by atoms with E-state index in [1.807, 2.05) is 0 Å². The van der Waals surface area contributed by atoms with Gasteiger partial charge >= 0.3 is 12.2 Å². The Morgan fingerprint density at radius 1 is 1.00 bits per heavy atom. The summed E-state index contributed by atoms with van der Waals surface area (Å²) in [5.41, 5.74) is -2.64. The molecule has 2 saturated heterocycles. The van der Waals surface area contributed by atoms with Gasteiger partial charge in [-0.25, -0.2) is 9.18 Å². The molecule has 2 aromatic carbocycles. The van der Waals surface area contributed by atoms with Crippen LogP contribution in [-0.4, -0.2) is 65.3 Å². The van der Waals surface area contributed by atoms with Gasteiger partial charge < -0.3 is 10.2 Å². The number of carbonyl (C=O) groups excluding carboxylic acids is 4. The van der Waals surface area contributed by atoms with Crippen LogP contribution in [0.3, 0.4) is 0 Å². The number of benzene rings is 2. The number of nitrogens with one attached hydrogen (secondary N) is 1. The van der Waals surface area contributed by atoms with Gasteiger partial charge in [0.15, 0.2) is 0 Å². The van der Waals surface area contributed by atoms with Crippen LogP contribution >= 0.6 is 0 Å². The van der Waals surface area contributed by atoms with Crippen LogP contribution in [0, 0.1) is 11.7 Å². The number of nitrogens with zero attached hydrogens (tertiary/aromatic N) is 3. The lowest BCUT2D eigenvalue weighted by Gasteiger charge is -2.43. The molecule has 2 aromatic rings. The molecule has 4 rings (SSSR count). The Morgan fingerprint density at radius 2 is 1.62 bits per heavy atom. The first-order valence-electron chi connectivity index (χ1n) is 12.4. The van der Waals surface area contributed by atoms with Gasteiger partial charge in [-0.2, -0.15) is 13.2 Å². The molecule has 0 radical (unpaired) electrons. The molecule has 208 valence electrons. The van der Waals surface area contributed by atoms with E-state index >= 15 is 0 Å². The van der Waals surface area contributed by atoms with E-state index in [4.69, 9.17) is 0 Å². The molecule has 0 bridgehead atoms. The highest BCUT2D eigenvalue weighted by atomic mass is 19.4. The fourth-order valence-corrected chi connectivity index (χ4v) is 5.10. The van der Waals surface area contributed by atoms with Crippen molar-refractivity contribution in [2.24, 2.45) is 5.92 Å². The van der Waals surface area contributed by atoms with E-state index in [1.165, 1.54) is 16.8 Å². The van der Waals surface area contributed by atoms with E-state index in [1.54, 1.807) is 44.2 Å². The van der Waals surface area contributed by atoms with Crippen LogP contribution in [0.25, 0.3) is 0 Å². The molecule has 1 atom stereocenters. The molecule has 2 aliphatic rings. The third-order valence-electron chi connectivity index (χ3n) is 7.28. The molecule has 8 nitrogen and oxygen atoms in total. The molecule has 12 heteroatoms. The van der Waals surface area contributed by atoms with Gasteiger partial charge in [-0.05, 0) is 49.1 Å². The van der Waals surface area contributed by atoms with Gasteiger partial charge in [-0.15, -0.1) is 0 Å². The van der Waals surface area contributed by atoms with E-state index < -0.39 is 58.5 Å². The number of para-hydroxylation sites is 1. The smallest absolute Gasteiger partial charge is 0.341 e. The number of carbonyl (C=O) groups is 4. The molecule has 2 heterocycles. The number of alkyl halides is 3. The summed E-state index contributed by atoms with van der Waals surface area (Å²) in [4.78, 5) is 56.4. The van der Waals surface area contributed by atoms with Crippen LogP contribution in [0.4, 0.5) is 28.0 Å². The van der Waals surface area contributed by atoms with Crippen molar-refractivity contribution in [3.63, 3.8) is 0 Å². The summed E-state index contributed by atoms with van der Waals surface area (Å²) in [6.45, 7) is 3.46. The number of amides is 5. The van der Waals surface area contributed by atoms with Crippen molar-refractivity contribution in [2.75, 3.05) is 25.0 Å². The summed E-state index contributed by atoms with van der Waals surface area (Å²) >= 11 is 0. The van der Waals surface area contributed by atoms with E-state index in [0.717, 1.165) is 4.90 Å². The SMILES string of the molecule is CC(C)[C@@H](NC(=O)c1cc(C(F)(F)F)ccc1F)C(=O)N1CCC2(CC1)C(=O)N(C)C(=O)N2c1ccccc1. The predicted octanol–water partition coefficient (Wildman–Crippen LogP) is 4.06. The number of urea groups is 1. The number of likely N-dealkylation sites (N-methyl/N-ethyl adjacent to an activating group) is 1. The number of anilines is 1. The quantitative estimate of drug-likeness (QED) is 0.451. The average molecular weight is 549 g/mol. The Bertz CT molecular complexity index is 1290. The highest BCUT2D eigenvalue weighted by Crippen LogP contribution is 2.40. The molecule has 0 saturated carbocycles. The van der Waals surface area contributed by atoms with Gasteiger partial charge in [-0.1, -0.05) is 32.0 Å². The number of hydrogen-bond acceptors (Lipinski definition) is 4. The standard InChI is InChI=1S/C27H28F4N4O4/c1-16(2)21(32-22(36)19-15-17(27(29,30)31)9-10-20(19)28)23(37)34-13-11-26(12-14-34)24(38)33(3)25(39)35(26)18-7-5-4-6-8-18/h4-10,15-16,21H,11-14H2,1-3H3,(H,32,36)/t21-/m1/s1. The maximum atomic E-state index is 14.3. The van der Waals surface area contributed by atoms with E-state index in [-0.39, 0.29) is 31.8 Å². The monoisotopic (exact) mass is 548 g/mol. The summed E-state index contributed by atoms with van der Waals surface area (Å²) in [5.74, 6) is -3.67. The maximum Gasteiger partial charge on any atom is 0.416 e. The molecule has 0 aromatic heterocycles. The van der Waals surface area contributed by atoms with Gasteiger partial charge in [0.05, 0.1) is 11.1 Å². The number of halogens is 4. The van der Waals surface area contributed by atoms with Gasteiger partial charge in [0.2, 0.25) is 5.91 Å². The van der Waals surface area contributed by atoms with E-state index in [9.17, 15) is 36.7 Å². The predicted molar refractivity (Wildman–Crippen MR) is 133 cm³/mol. The molecule has 2 aliphatic heterocycles. The summed E-state index contributed by atoms with van der Waals surface area (Å²) in [5, 5.41) is 2.39. The van der Waals surface area contributed by atoms with Crippen molar-refractivity contribution in [2.45, 2.75) is 44.4 Å². The summed E-state index contributed by atoms with van der Waals surface area (Å²) in [7, 11) is 1.41. The second-order valence-electron chi connectivity index (χ2n) is 10.1. The van der Waals surface area contributed by atoms with E-state index in [0.29, 0.717) is 23.9 Å². The van der Waals surface area contributed by atoms with Crippen LogP contribution in [-0.2, 0) is 15.8 Å². The average Bonchev–Trinajstić information content (AvgIpc) is 3.07. The Morgan fingerprint density at radius 3 is 2.18 bits per heavy atom. The fraction of sp³-hybridized carbons (Fsp3) is 0.407. The van der Waals surface area contributed by atoms with Gasteiger partial charge in [-0.3, -0.25) is 24.2 Å².